The topological polar surface area (TPSA) is 95.2 Å². The summed E-state index contributed by atoms with van der Waals surface area (Å²) in [5.41, 5.74) is 4.61. The lowest BCUT2D eigenvalue weighted by Gasteiger charge is -2.26. The van der Waals surface area contributed by atoms with E-state index in [1.165, 1.54) is 4.31 Å². The molecule has 1 aromatic carbocycles. The van der Waals surface area contributed by atoms with Gasteiger partial charge >= 0.3 is 0 Å². The van der Waals surface area contributed by atoms with E-state index >= 15 is 0 Å². The molecule has 0 bridgehead atoms. The first-order valence-corrected chi connectivity index (χ1v) is 11.0. The summed E-state index contributed by atoms with van der Waals surface area (Å²) in [5.74, 6) is -0.0331. The van der Waals surface area contributed by atoms with Crippen molar-refractivity contribution in [3.63, 3.8) is 0 Å². The molecule has 4 heterocycles. The summed E-state index contributed by atoms with van der Waals surface area (Å²) in [6.07, 6.45) is 7.24. The van der Waals surface area contributed by atoms with E-state index in [1.807, 2.05) is 24.4 Å². The van der Waals surface area contributed by atoms with E-state index < -0.39 is 10.0 Å². The van der Waals surface area contributed by atoms with Gasteiger partial charge in [-0.2, -0.15) is 4.31 Å². The van der Waals surface area contributed by atoms with E-state index in [4.69, 9.17) is 0 Å². The summed E-state index contributed by atoms with van der Waals surface area (Å²) < 4.78 is 27.8. The fraction of sp³-hybridized carbons (Fsp3) is 0.238. The number of amides is 1. The van der Waals surface area contributed by atoms with Crippen molar-refractivity contribution in [3.05, 3.63) is 59.9 Å². The first-order chi connectivity index (χ1) is 14.0. The van der Waals surface area contributed by atoms with Crippen molar-refractivity contribution in [1.82, 2.24) is 14.3 Å². The van der Waals surface area contributed by atoms with Crippen LogP contribution in [0.5, 0.6) is 0 Å². The van der Waals surface area contributed by atoms with Crippen LogP contribution < -0.4 is 5.32 Å². The Labute approximate surface area is 168 Å². The molecule has 2 N–H and O–H groups in total. The maximum atomic E-state index is 13.1. The Morgan fingerprint density at radius 1 is 1.10 bits per heavy atom. The van der Waals surface area contributed by atoms with Crippen LogP contribution in [0.3, 0.4) is 0 Å². The van der Waals surface area contributed by atoms with Gasteiger partial charge in [-0.05, 0) is 54.3 Å². The molecule has 29 heavy (non-hydrogen) atoms. The van der Waals surface area contributed by atoms with Crippen LogP contribution in [-0.2, 0) is 21.2 Å². The second kappa shape index (κ2) is 6.82. The second-order valence-electron chi connectivity index (χ2n) is 7.31. The highest BCUT2D eigenvalue weighted by Gasteiger charge is 2.28. The van der Waals surface area contributed by atoms with Crippen LogP contribution >= 0.6 is 0 Å². The lowest BCUT2D eigenvalue weighted by molar-refractivity contribution is -0.116. The van der Waals surface area contributed by atoms with Crippen LogP contribution in [0.2, 0.25) is 0 Å². The Morgan fingerprint density at radius 3 is 2.83 bits per heavy atom. The Morgan fingerprint density at radius 2 is 2.00 bits per heavy atom. The van der Waals surface area contributed by atoms with Crippen molar-refractivity contribution < 1.29 is 13.2 Å². The summed E-state index contributed by atoms with van der Waals surface area (Å²) >= 11 is 0. The Balaban J connectivity index is 1.40. The zero-order chi connectivity index (χ0) is 20.0. The van der Waals surface area contributed by atoms with E-state index in [-0.39, 0.29) is 10.8 Å². The molecule has 2 aliphatic heterocycles. The van der Waals surface area contributed by atoms with Gasteiger partial charge in [0, 0.05) is 48.5 Å². The van der Waals surface area contributed by atoms with Crippen LogP contribution in [0.1, 0.15) is 24.0 Å². The van der Waals surface area contributed by atoms with Gasteiger partial charge in [-0.25, -0.2) is 13.4 Å². The number of sulfonamides is 1. The first kappa shape index (κ1) is 18.1. The number of fused-ring (bicyclic) bond motifs is 2. The van der Waals surface area contributed by atoms with Gasteiger partial charge in [0.15, 0.2) is 0 Å². The molecular formula is C21H20N4O3S. The molecule has 0 saturated heterocycles. The number of carbonyl (C=O) groups is 1. The highest BCUT2D eigenvalue weighted by Crippen LogP contribution is 2.31. The summed E-state index contributed by atoms with van der Waals surface area (Å²) in [5, 5.41) is 3.84. The molecule has 1 amide bonds. The standard InChI is InChI=1S/C21H20N4O3S/c26-20-6-3-15-12-16(4-5-19(15)24-20)29(27,28)25-10-7-14(8-11-25)18-13-23-21-17(18)2-1-9-22-21/h1-2,4-5,7,9,12-13H,3,6,8,10-11H2,(H,22,23)(H,24,26). The zero-order valence-corrected chi connectivity index (χ0v) is 16.5. The van der Waals surface area contributed by atoms with E-state index in [2.05, 4.69) is 15.3 Å². The summed E-state index contributed by atoms with van der Waals surface area (Å²) in [7, 11) is -3.59. The summed E-state index contributed by atoms with van der Waals surface area (Å²) in [6, 6.07) is 8.87. The number of nitrogens with zero attached hydrogens (tertiary/aromatic N) is 2. The van der Waals surface area contributed by atoms with Crippen molar-refractivity contribution in [2.24, 2.45) is 0 Å². The average Bonchev–Trinajstić information content (AvgIpc) is 3.17. The first-order valence-electron chi connectivity index (χ1n) is 9.57. The van der Waals surface area contributed by atoms with Gasteiger partial charge in [0.05, 0.1) is 4.90 Å². The fourth-order valence-electron chi connectivity index (χ4n) is 4.00. The molecule has 5 rings (SSSR count). The minimum atomic E-state index is -3.59. The number of aryl methyl sites for hydroxylation is 1. The van der Waals surface area contributed by atoms with Crippen molar-refractivity contribution in [3.8, 4) is 0 Å². The Bertz CT molecular complexity index is 1260. The minimum absolute atomic E-state index is 0.0331. The number of nitrogens with one attached hydrogen (secondary N) is 2. The minimum Gasteiger partial charge on any atom is -0.346 e. The predicted molar refractivity (Wildman–Crippen MR) is 111 cm³/mol. The Kier molecular flexibility index (Phi) is 4.25. The number of aromatic nitrogens is 2. The summed E-state index contributed by atoms with van der Waals surface area (Å²) in [6.45, 7) is 0.757. The molecule has 0 aliphatic carbocycles. The molecule has 0 fully saturated rings. The molecule has 2 aliphatic rings. The molecular weight excluding hydrogens is 388 g/mol. The maximum Gasteiger partial charge on any atom is 0.243 e. The number of anilines is 1. The molecule has 0 saturated carbocycles. The van der Waals surface area contributed by atoms with Crippen LogP contribution in [0, 0.1) is 0 Å². The Hall–Kier alpha value is -2.97. The van der Waals surface area contributed by atoms with Crippen molar-refractivity contribution in [1.29, 1.82) is 0 Å². The van der Waals surface area contributed by atoms with Gasteiger partial charge in [0.2, 0.25) is 15.9 Å². The number of carbonyl (C=O) groups excluding carboxylic acids is 1. The lowest BCUT2D eigenvalue weighted by atomic mass is 10.0. The van der Waals surface area contributed by atoms with Crippen LogP contribution in [0.4, 0.5) is 5.69 Å². The number of H-pyrrole nitrogens is 1. The lowest BCUT2D eigenvalue weighted by Crippen LogP contribution is -2.34. The monoisotopic (exact) mass is 408 g/mol. The third-order valence-electron chi connectivity index (χ3n) is 5.58. The summed E-state index contributed by atoms with van der Waals surface area (Å²) in [4.78, 5) is 19.3. The number of rotatable bonds is 3. The molecule has 3 aromatic rings. The third kappa shape index (κ3) is 3.14. The largest absolute Gasteiger partial charge is 0.346 e. The quantitative estimate of drug-likeness (QED) is 0.697. The molecule has 0 unspecified atom stereocenters. The third-order valence-corrected chi connectivity index (χ3v) is 7.44. The number of hydrogen-bond acceptors (Lipinski definition) is 4. The smallest absolute Gasteiger partial charge is 0.243 e. The van der Waals surface area contributed by atoms with Gasteiger partial charge < -0.3 is 10.3 Å². The highest BCUT2D eigenvalue weighted by molar-refractivity contribution is 7.89. The molecule has 0 radical (unpaired) electrons. The second-order valence-corrected chi connectivity index (χ2v) is 9.25. The number of hydrogen-bond donors (Lipinski definition) is 2. The van der Waals surface area contributed by atoms with E-state index in [1.54, 1.807) is 24.4 Å². The van der Waals surface area contributed by atoms with Gasteiger partial charge in [0.1, 0.15) is 5.65 Å². The van der Waals surface area contributed by atoms with E-state index in [0.29, 0.717) is 38.0 Å². The molecule has 0 atom stereocenters. The number of aromatic amines is 1. The molecule has 0 spiro atoms. The van der Waals surface area contributed by atoms with Gasteiger partial charge in [0.25, 0.3) is 0 Å². The van der Waals surface area contributed by atoms with Gasteiger partial charge in [-0.1, -0.05) is 6.08 Å². The average molecular weight is 408 g/mol. The van der Waals surface area contributed by atoms with Crippen LogP contribution in [0.15, 0.2) is 53.7 Å². The fourth-order valence-corrected chi connectivity index (χ4v) is 5.44. The molecule has 8 heteroatoms. The SMILES string of the molecule is O=C1CCc2cc(S(=O)(=O)N3CC=C(c4c[nH]c5ncccc45)CC3)ccc2N1. The molecule has 2 aromatic heterocycles. The number of pyridine rings is 1. The molecule has 7 nitrogen and oxygen atoms in total. The van der Waals surface area contributed by atoms with Crippen LogP contribution in [-0.4, -0.2) is 41.7 Å². The van der Waals surface area contributed by atoms with E-state index in [9.17, 15) is 13.2 Å². The van der Waals surface area contributed by atoms with Crippen molar-refractivity contribution in [2.45, 2.75) is 24.2 Å². The van der Waals surface area contributed by atoms with Gasteiger partial charge in [-0.15, -0.1) is 0 Å². The zero-order valence-electron chi connectivity index (χ0n) is 15.7. The predicted octanol–water partition coefficient (Wildman–Crippen LogP) is 2.93. The molecule has 148 valence electrons. The van der Waals surface area contributed by atoms with Crippen LogP contribution in [0.25, 0.3) is 16.6 Å². The highest BCUT2D eigenvalue weighted by atomic mass is 32.2. The van der Waals surface area contributed by atoms with E-state index in [0.717, 1.165) is 27.7 Å². The number of benzene rings is 1. The van der Waals surface area contributed by atoms with Crippen molar-refractivity contribution >= 4 is 38.2 Å². The van der Waals surface area contributed by atoms with Gasteiger partial charge in [-0.3, -0.25) is 4.79 Å². The normalized spacial score (nSPS) is 17.7. The maximum absolute atomic E-state index is 13.1. The van der Waals surface area contributed by atoms with Crippen molar-refractivity contribution in [2.75, 3.05) is 18.4 Å².